The average Bonchev–Trinajstić information content (AvgIpc) is 3.20. The third kappa shape index (κ3) is 3.81. The molecule has 4 aromatic rings. The van der Waals surface area contributed by atoms with Gasteiger partial charge in [-0.15, -0.1) is 0 Å². The van der Waals surface area contributed by atoms with Crippen molar-refractivity contribution in [1.82, 2.24) is 19.1 Å². The van der Waals surface area contributed by atoms with Crippen LogP contribution in [0.2, 0.25) is 25.7 Å². The Morgan fingerprint density at radius 2 is 2.03 bits per heavy atom. The van der Waals surface area contributed by atoms with Crippen LogP contribution in [0.1, 0.15) is 10.5 Å². The molecule has 0 fully saturated rings. The molecular formula is C21H24N4O4Si. The van der Waals surface area contributed by atoms with E-state index in [1.165, 1.54) is 4.57 Å². The number of pyridine rings is 1. The Kier molecular flexibility index (Phi) is 5.08. The summed E-state index contributed by atoms with van der Waals surface area (Å²) in [6.07, 6.45) is 1.63. The summed E-state index contributed by atoms with van der Waals surface area (Å²) in [7, 11) is -1.23. The molecule has 30 heavy (non-hydrogen) atoms. The highest BCUT2D eigenvalue weighted by atomic mass is 28.3. The number of carboxylic acids is 1. The second-order valence-corrected chi connectivity index (χ2v) is 14.1. The summed E-state index contributed by atoms with van der Waals surface area (Å²) in [5.74, 6) is -1.02. The molecule has 0 aliphatic rings. The lowest BCUT2D eigenvalue weighted by Gasteiger charge is -2.16. The van der Waals surface area contributed by atoms with Gasteiger partial charge in [-0.25, -0.2) is 19.1 Å². The molecule has 4 rings (SSSR count). The third-order valence-electron chi connectivity index (χ3n) is 5.02. The van der Waals surface area contributed by atoms with Gasteiger partial charge in [0.05, 0.1) is 16.7 Å². The van der Waals surface area contributed by atoms with Gasteiger partial charge in [-0.2, -0.15) is 0 Å². The van der Waals surface area contributed by atoms with Crippen LogP contribution < -0.4 is 5.69 Å². The van der Waals surface area contributed by atoms with E-state index in [0.717, 1.165) is 16.9 Å². The highest BCUT2D eigenvalue weighted by molar-refractivity contribution is 6.76. The maximum absolute atomic E-state index is 12.5. The van der Waals surface area contributed by atoms with Gasteiger partial charge in [0.1, 0.15) is 12.4 Å². The van der Waals surface area contributed by atoms with E-state index >= 15 is 0 Å². The second kappa shape index (κ2) is 7.58. The molecule has 0 spiro atoms. The largest absolute Gasteiger partial charge is 0.477 e. The molecule has 0 bridgehead atoms. The lowest BCUT2D eigenvalue weighted by molar-refractivity contribution is 0.0630. The number of carbonyl (C=O) groups is 1. The van der Waals surface area contributed by atoms with Crippen molar-refractivity contribution in [2.75, 3.05) is 6.61 Å². The monoisotopic (exact) mass is 424 g/mol. The first-order valence-electron chi connectivity index (χ1n) is 9.75. The van der Waals surface area contributed by atoms with Crippen LogP contribution in [0.3, 0.4) is 0 Å². The number of aromatic carboxylic acids is 1. The fraction of sp³-hybridized carbons (Fsp3) is 0.286. The summed E-state index contributed by atoms with van der Waals surface area (Å²) in [6.45, 7) is 7.58. The molecule has 9 heteroatoms. The van der Waals surface area contributed by atoms with Crippen molar-refractivity contribution in [3.05, 3.63) is 58.8 Å². The zero-order valence-electron chi connectivity index (χ0n) is 17.2. The van der Waals surface area contributed by atoms with Crippen molar-refractivity contribution < 1.29 is 14.6 Å². The fourth-order valence-electron chi connectivity index (χ4n) is 3.43. The van der Waals surface area contributed by atoms with Gasteiger partial charge in [-0.1, -0.05) is 19.6 Å². The smallest absolute Gasteiger partial charge is 0.352 e. The van der Waals surface area contributed by atoms with Crippen molar-refractivity contribution in [2.45, 2.75) is 32.4 Å². The van der Waals surface area contributed by atoms with Gasteiger partial charge in [0, 0.05) is 26.3 Å². The Balaban J connectivity index is 1.72. The normalized spacial score (nSPS) is 12.1. The highest BCUT2D eigenvalue weighted by Gasteiger charge is 2.18. The van der Waals surface area contributed by atoms with Crippen LogP contribution in [-0.4, -0.2) is 44.9 Å². The van der Waals surface area contributed by atoms with Gasteiger partial charge in [0.2, 0.25) is 0 Å². The second-order valence-electron chi connectivity index (χ2n) is 8.49. The zero-order valence-corrected chi connectivity index (χ0v) is 18.2. The van der Waals surface area contributed by atoms with Crippen molar-refractivity contribution in [1.29, 1.82) is 0 Å². The van der Waals surface area contributed by atoms with E-state index in [4.69, 9.17) is 4.74 Å². The molecule has 3 aromatic heterocycles. The van der Waals surface area contributed by atoms with E-state index in [0.29, 0.717) is 23.5 Å². The summed E-state index contributed by atoms with van der Waals surface area (Å²) in [4.78, 5) is 31.3. The van der Waals surface area contributed by atoms with Crippen LogP contribution >= 0.6 is 0 Å². The molecule has 1 aromatic carbocycles. The zero-order chi connectivity index (χ0) is 21.5. The number of hydrogen-bond donors (Lipinski definition) is 2. The fourth-order valence-corrected chi connectivity index (χ4v) is 4.18. The number of aromatic amines is 1. The number of ether oxygens (including phenoxy) is 1. The Bertz CT molecular complexity index is 1300. The van der Waals surface area contributed by atoms with E-state index in [1.807, 2.05) is 6.07 Å². The molecule has 0 aliphatic heterocycles. The Hall–Kier alpha value is -3.17. The summed E-state index contributed by atoms with van der Waals surface area (Å²) in [5, 5.41) is 10.4. The summed E-state index contributed by atoms with van der Waals surface area (Å²) < 4.78 is 8.93. The van der Waals surface area contributed by atoms with E-state index < -0.39 is 14.0 Å². The topological polar surface area (TPSA) is 102 Å². The molecule has 0 saturated heterocycles. The van der Waals surface area contributed by atoms with Crippen molar-refractivity contribution in [2.24, 2.45) is 0 Å². The standard InChI is InChI=1S/C21H24N4O4Si/c1-30(2,3)10-9-29-13-24-17-7-6-15(11-14(17)12-18(24)20(26)27)25-19-16(23-21(25)28)5-4-8-22-19/h4-8,11-12H,9-10,13H2,1-3H3,(H,23,28)(H,26,27). The van der Waals surface area contributed by atoms with Gasteiger partial charge < -0.3 is 19.4 Å². The number of hydrogen-bond acceptors (Lipinski definition) is 4. The van der Waals surface area contributed by atoms with Gasteiger partial charge in [-0.05, 0) is 42.4 Å². The van der Waals surface area contributed by atoms with Crippen LogP contribution in [0.5, 0.6) is 0 Å². The molecular weight excluding hydrogens is 400 g/mol. The Labute approximate surface area is 173 Å². The van der Waals surface area contributed by atoms with Gasteiger partial charge in [-0.3, -0.25) is 0 Å². The minimum absolute atomic E-state index is 0.152. The number of rotatable bonds is 7. The highest BCUT2D eigenvalue weighted by Crippen LogP contribution is 2.24. The Morgan fingerprint density at radius 3 is 2.77 bits per heavy atom. The molecule has 0 radical (unpaired) electrons. The van der Waals surface area contributed by atoms with E-state index in [9.17, 15) is 14.7 Å². The number of benzene rings is 1. The summed E-state index contributed by atoms with van der Waals surface area (Å²) in [5.41, 5.74) is 2.38. The van der Waals surface area contributed by atoms with Crippen LogP contribution in [0.4, 0.5) is 0 Å². The molecule has 2 N–H and O–H groups in total. The van der Waals surface area contributed by atoms with Crippen molar-refractivity contribution in [3.63, 3.8) is 0 Å². The maximum atomic E-state index is 12.5. The number of imidazole rings is 1. The van der Waals surface area contributed by atoms with Crippen molar-refractivity contribution >= 4 is 36.1 Å². The van der Waals surface area contributed by atoms with Gasteiger partial charge >= 0.3 is 11.7 Å². The lowest BCUT2D eigenvalue weighted by Crippen LogP contribution is -2.22. The molecule has 0 unspecified atom stereocenters. The molecule has 3 heterocycles. The minimum atomic E-state index is -1.23. The summed E-state index contributed by atoms with van der Waals surface area (Å²) in [6, 6.07) is 11.6. The number of nitrogens with zero attached hydrogens (tertiary/aromatic N) is 3. The number of H-pyrrole nitrogens is 1. The number of carboxylic acid groups (broad SMARTS) is 1. The van der Waals surface area contributed by atoms with E-state index in [-0.39, 0.29) is 18.1 Å². The first-order valence-corrected chi connectivity index (χ1v) is 13.5. The molecule has 0 saturated carbocycles. The quantitative estimate of drug-likeness (QED) is 0.348. The third-order valence-corrected chi connectivity index (χ3v) is 6.73. The lowest BCUT2D eigenvalue weighted by atomic mass is 10.2. The Morgan fingerprint density at radius 1 is 1.23 bits per heavy atom. The van der Waals surface area contributed by atoms with Crippen LogP contribution in [0.25, 0.3) is 27.8 Å². The molecule has 0 amide bonds. The van der Waals surface area contributed by atoms with E-state index in [2.05, 4.69) is 29.6 Å². The number of fused-ring (bicyclic) bond motifs is 2. The number of nitrogens with one attached hydrogen (secondary N) is 1. The van der Waals surface area contributed by atoms with Crippen molar-refractivity contribution in [3.8, 4) is 5.69 Å². The van der Waals surface area contributed by atoms with Crippen LogP contribution in [-0.2, 0) is 11.5 Å². The summed E-state index contributed by atoms with van der Waals surface area (Å²) >= 11 is 0. The number of aromatic nitrogens is 4. The average molecular weight is 425 g/mol. The molecule has 0 aliphatic carbocycles. The predicted octanol–water partition coefficient (Wildman–Crippen LogP) is 3.68. The minimum Gasteiger partial charge on any atom is -0.477 e. The SMILES string of the molecule is C[Si](C)(C)CCOCn1c(C(=O)O)cc2cc(-n3c(=O)[nH]c4cccnc43)ccc21. The maximum Gasteiger partial charge on any atom is 0.352 e. The van der Waals surface area contributed by atoms with Crippen LogP contribution in [0.15, 0.2) is 47.4 Å². The van der Waals surface area contributed by atoms with Gasteiger partial charge in [0.25, 0.3) is 0 Å². The molecule has 8 nitrogen and oxygen atoms in total. The first kappa shape index (κ1) is 20.1. The molecule has 156 valence electrons. The van der Waals surface area contributed by atoms with E-state index in [1.54, 1.807) is 41.1 Å². The van der Waals surface area contributed by atoms with Crippen LogP contribution in [0, 0.1) is 0 Å². The molecule has 0 atom stereocenters. The van der Waals surface area contributed by atoms with Gasteiger partial charge in [0.15, 0.2) is 5.65 Å². The first-order chi connectivity index (χ1) is 14.2. The predicted molar refractivity (Wildman–Crippen MR) is 118 cm³/mol.